The summed E-state index contributed by atoms with van der Waals surface area (Å²) in [5.74, 6) is -0.464. The Labute approximate surface area is 164 Å². The summed E-state index contributed by atoms with van der Waals surface area (Å²) in [6, 6.07) is 12.8. The molecule has 2 N–H and O–H groups in total. The Bertz CT molecular complexity index is 1100. The van der Waals surface area contributed by atoms with E-state index in [9.17, 15) is 14.7 Å². The van der Waals surface area contributed by atoms with Crippen molar-refractivity contribution in [2.24, 2.45) is 5.92 Å². The van der Waals surface area contributed by atoms with E-state index in [1.807, 2.05) is 32.0 Å². The number of nitrogens with zero attached hydrogens (tertiary/aromatic N) is 1. The van der Waals surface area contributed by atoms with Gasteiger partial charge in [-0.2, -0.15) is 0 Å². The summed E-state index contributed by atoms with van der Waals surface area (Å²) in [6.07, 6.45) is 0.798. The zero-order valence-electron chi connectivity index (χ0n) is 16.7. The fraction of sp³-hybridized carbons (Fsp3) is 0.304. The summed E-state index contributed by atoms with van der Waals surface area (Å²) < 4.78 is 1.59. The van der Waals surface area contributed by atoms with Crippen molar-refractivity contribution in [3.63, 3.8) is 0 Å². The summed E-state index contributed by atoms with van der Waals surface area (Å²) in [7, 11) is 0. The average Bonchev–Trinajstić information content (AvgIpc) is 2.64. The SMILES string of the molecule is Cc1ccc(NC(=O)c2c(O)c3ccccc3n(CCC(C)C)c2=O)c(C)c1. The molecule has 2 aromatic carbocycles. The molecule has 5 heteroatoms. The Kier molecular flexibility index (Phi) is 5.54. The van der Waals surface area contributed by atoms with E-state index >= 15 is 0 Å². The number of para-hydroxylation sites is 1. The first kappa shape index (κ1) is 19.7. The number of pyridine rings is 1. The minimum atomic E-state index is -0.599. The smallest absolute Gasteiger partial charge is 0.267 e. The maximum absolute atomic E-state index is 13.1. The van der Waals surface area contributed by atoms with Crippen LogP contribution >= 0.6 is 0 Å². The number of hydrogen-bond donors (Lipinski definition) is 2. The van der Waals surface area contributed by atoms with Gasteiger partial charge >= 0.3 is 0 Å². The second-order valence-electron chi connectivity index (χ2n) is 7.65. The molecule has 1 aromatic heterocycles. The topological polar surface area (TPSA) is 71.3 Å². The number of hydrogen-bond acceptors (Lipinski definition) is 3. The second-order valence-corrected chi connectivity index (χ2v) is 7.65. The highest BCUT2D eigenvalue weighted by molar-refractivity contribution is 6.09. The first-order valence-corrected chi connectivity index (χ1v) is 9.52. The van der Waals surface area contributed by atoms with Crippen LogP contribution in [-0.4, -0.2) is 15.6 Å². The second kappa shape index (κ2) is 7.89. The molecule has 0 saturated carbocycles. The number of aryl methyl sites for hydroxylation is 3. The predicted molar refractivity (Wildman–Crippen MR) is 113 cm³/mol. The van der Waals surface area contributed by atoms with E-state index in [0.717, 1.165) is 17.5 Å². The van der Waals surface area contributed by atoms with Crippen LogP contribution in [-0.2, 0) is 6.54 Å². The van der Waals surface area contributed by atoms with Gasteiger partial charge in [-0.3, -0.25) is 9.59 Å². The molecule has 0 radical (unpaired) electrons. The summed E-state index contributed by atoms with van der Waals surface area (Å²) in [4.78, 5) is 26.1. The standard InChI is InChI=1S/C23H26N2O3/c1-14(2)11-12-25-19-8-6-5-7-17(19)21(26)20(23(25)28)22(27)24-18-10-9-15(3)13-16(18)4/h5-10,13-14,26H,11-12H2,1-4H3,(H,24,27). The van der Waals surface area contributed by atoms with Crippen molar-refractivity contribution in [1.82, 2.24) is 4.57 Å². The quantitative estimate of drug-likeness (QED) is 0.680. The summed E-state index contributed by atoms with van der Waals surface area (Å²) in [5.41, 5.74) is 2.54. The molecule has 3 rings (SSSR count). The van der Waals surface area contributed by atoms with Crippen molar-refractivity contribution in [2.75, 3.05) is 5.32 Å². The Morgan fingerprint density at radius 1 is 1.14 bits per heavy atom. The first-order valence-electron chi connectivity index (χ1n) is 9.52. The van der Waals surface area contributed by atoms with Gasteiger partial charge in [0.05, 0.1) is 5.52 Å². The van der Waals surface area contributed by atoms with E-state index in [1.165, 1.54) is 0 Å². The summed E-state index contributed by atoms with van der Waals surface area (Å²) >= 11 is 0. The van der Waals surface area contributed by atoms with Crippen molar-refractivity contribution >= 4 is 22.5 Å². The fourth-order valence-electron chi connectivity index (χ4n) is 3.34. The van der Waals surface area contributed by atoms with Crippen molar-refractivity contribution in [2.45, 2.75) is 40.7 Å². The molecule has 28 heavy (non-hydrogen) atoms. The van der Waals surface area contributed by atoms with E-state index in [0.29, 0.717) is 29.1 Å². The first-order chi connectivity index (χ1) is 13.3. The number of fused-ring (bicyclic) bond motifs is 1. The number of aromatic nitrogens is 1. The van der Waals surface area contributed by atoms with Gasteiger partial charge in [-0.15, -0.1) is 0 Å². The van der Waals surface area contributed by atoms with Crippen LogP contribution in [0.1, 0.15) is 41.8 Å². The molecule has 0 aliphatic heterocycles. The maximum atomic E-state index is 13.1. The third-order valence-electron chi connectivity index (χ3n) is 4.93. The van der Waals surface area contributed by atoms with Gasteiger partial charge in [0.2, 0.25) is 0 Å². The molecule has 5 nitrogen and oxygen atoms in total. The average molecular weight is 378 g/mol. The van der Waals surface area contributed by atoms with Crippen LogP contribution in [0.5, 0.6) is 5.75 Å². The highest BCUT2D eigenvalue weighted by atomic mass is 16.3. The Balaban J connectivity index is 2.11. The minimum absolute atomic E-state index is 0.220. The van der Waals surface area contributed by atoms with Gasteiger partial charge in [0.25, 0.3) is 11.5 Å². The lowest BCUT2D eigenvalue weighted by Crippen LogP contribution is -2.30. The van der Waals surface area contributed by atoms with Crippen molar-refractivity contribution < 1.29 is 9.90 Å². The highest BCUT2D eigenvalue weighted by Crippen LogP contribution is 2.27. The Morgan fingerprint density at radius 3 is 2.54 bits per heavy atom. The third-order valence-corrected chi connectivity index (χ3v) is 4.93. The lowest BCUT2D eigenvalue weighted by molar-refractivity contribution is 0.102. The molecule has 1 heterocycles. The number of rotatable bonds is 5. The lowest BCUT2D eigenvalue weighted by Gasteiger charge is -2.16. The van der Waals surface area contributed by atoms with Crippen LogP contribution in [0, 0.1) is 19.8 Å². The molecule has 0 fully saturated rings. The number of aromatic hydroxyl groups is 1. The van der Waals surface area contributed by atoms with Gasteiger partial charge in [-0.1, -0.05) is 43.7 Å². The number of carbonyl (C=O) groups is 1. The summed E-state index contributed by atoms with van der Waals surface area (Å²) in [5, 5.41) is 14.0. The molecule has 0 aliphatic carbocycles. The maximum Gasteiger partial charge on any atom is 0.267 e. The van der Waals surface area contributed by atoms with Crippen LogP contribution in [0.25, 0.3) is 10.9 Å². The van der Waals surface area contributed by atoms with Gasteiger partial charge in [-0.25, -0.2) is 0 Å². The van der Waals surface area contributed by atoms with Crippen molar-refractivity contribution in [1.29, 1.82) is 0 Å². The van der Waals surface area contributed by atoms with E-state index in [-0.39, 0.29) is 11.3 Å². The van der Waals surface area contributed by atoms with Gasteiger partial charge in [-0.05, 0) is 49.9 Å². The van der Waals surface area contributed by atoms with Gasteiger partial charge in [0.15, 0.2) is 0 Å². The molecular formula is C23H26N2O3. The molecule has 3 aromatic rings. The van der Waals surface area contributed by atoms with Crippen molar-refractivity contribution in [3.8, 4) is 5.75 Å². The molecule has 0 bridgehead atoms. The molecule has 0 spiro atoms. The molecular weight excluding hydrogens is 352 g/mol. The highest BCUT2D eigenvalue weighted by Gasteiger charge is 2.22. The number of amides is 1. The van der Waals surface area contributed by atoms with Crippen LogP contribution in [0.15, 0.2) is 47.3 Å². The Morgan fingerprint density at radius 2 is 1.86 bits per heavy atom. The number of carbonyl (C=O) groups excluding carboxylic acids is 1. The van der Waals surface area contributed by atoms with E-state index in [1.54, 1.807) is 28.8 Å². The molecule has 0 atom stereocenters. The minimum Gasteiger partial charge on any atom is -0.506 e. The van der Waals surface area contributed by atoms with E-state index in [2.05, 4.69) is 19.2 Å². The van der Waals surface area contributed by atoms with E-state index in [4.69, 9.17) is 0 Å². The monoisotopic (exact) mass is 378 g/mol. The van der Waals surface area contributed by atoms with Gasteiger partial charge < -0.3 is 15.0 Å². The van der Waals surface area contributed by atoms with Crippen LogP contribution in [0.3, 0.4) is 0 Å². The number of anilines is 1. The molecule has 0 saturated heterocycles. The normalized spacial score (nSPS) is 11.2. The predicted octanol–water partition coefficient (Wildman–Crippen LogP) is 4.62. The Hall–Kier alpha value is -3.08. The molecule has 0 unspecified atom stereocenters. The third kappa shape index (κ3) is 3.79. The largest absolute Gasteiger partial charge is 0.506 e. The number of nitrogens with one attached hydrogen (secondary N) is 1. The lowest BCUT2D eigenvalue weighted by atomic mass is 10.1. The zero-order valence-corrected chi connectivity index (χ0v) is 16.7. The molecule has 0 aliphatic rings. The molecule has 146 valence electrons. The molecule has 1 amide bonds. The van der Waals surface area contributed by atoms with E-state index < -0.39 is 11.5 Å². The number of benzene rings is 2. The van der Waals surface area contributed by atoms with Crippen LogP contribution in [0.4, 0.5) is 5.69 Å². The fourth-order valence-corrected chi connectivity index (χ4v) is 3.34. The summed E-state index contributed by atoms with van der Waals surface area (Å²) in [6.45, 7) is 8.52. The zero-order chi connectivity index (χ0) is 20.4. The van der Waals surface area contributed by atoms with Gasteiger partial charge in [0.1, 0.15) is 11.3 Å². The van der Waals surface area contributed by atoms with Crippen LogP contribution < -0.4 is 10.9 Å². The van der Waals surface area contributed by atoms with Crippen LogP contribution in [0.2, 0.25) is 0 Å². The van der Waals surface area contributed by atoms with Crippen molar-refractivity contribution in [3.05, 3.63) is 69.5 Å². The van der Waals surface area contributed by atoms with Gasteiger partial charge in [0, 0.05) is 17.6 Å².